The topological polar surface area (TPSA) is 110 Å². The fourth-order valence-corrected chi connectivity index (χ4v) is 6.03. The minimum absolute atomic E-state index is 0.0450. The number of ether oxygens (including phenoxy) is 3. The van der Waals surface area contributed by atoms with E-state index < -0.39 is 30.2 Å². The number of hydrogen-bond acceptors (Lipinski definition) is 8. The quantitative estimate of drug-likeness (QED) is 0.0889. The summed E-state index contributed by atoms with van der Waals surface area (Å²) >= 11 is 0. The second-order valence-electron chi connectivity index (χ2n) is 13.1. The molecular weight excluding hydrogens is 687 g/mol. The number of carbonyl (C=O) groups is 1. The Labute approximate surface area is 303 Å². The van der Waals surface area contributed by atoms with Gasteiger partial charge in [0, 0.05) is 11.2 Å². The van der Waals surface area contributed by atoms with Crippen LogP contribution in [-0.2, 0) is 63.2 Å². The van der Waals surface area contributed by atoms with Gasteiger partial charge in [0.25, 0.3) is 0 Å². The standard InChI is InChI=1S/C26H34O5S.C14H15O4P/c1-26(2,3)32(4,5)30-17-16-22-23(28-18-20-12-8-6-9-13-20)24(25(27)31-22)29-19-21-14-10-7-11-15-21;15-19(16,17-11-13-7-3-1-4-8-13)18-12-14-9-5-2-6-10-14/h6-15,22H,16-19H2,1-5H3;1-10H,11-12H2,(H,15,16). The van der Waals surface area contributed by atoms with Crippen LogP contribution in [0.4, 0.5) is 0 Å². The lowest BCUT2D eigenvalue weighted by Crippen LogP contribution is -2.26. The van der Waals surface area contributed by atoms with Crippen LogP contribution in [0.1, 0.15) is 49.4 Å². The summed E-state index contributed by atoms with van der Waals surface area (Å²) in [5.41, 5.74) is 3.62. The third kappa shape index (κ3) is 13.3. The molecule has 9 nitrogen and oxygen atoms in total. The highest BCUT2D eigenvalue weighted by Crippen LogP contribution is 2.53. The van der Waals surface area contributed by atoms with Crippen molar-refractivity contribution in [1.82, 2.24) is 0 Å². The van der Waals surface area contributed by atoms with Crippen LogP contribution in [0.15, 0.2) is 133 Å². The van der Waals surface area contributed by atoms with E-state index in [1.807, 2.05) is 121 Å². The van der Waals surface area contributed by atoms with Crippen molar-refractivity contribution in [1.29, 1.82) is 0 Å². The van der Waals surface area contributed by atoms with Gasteiger partial charge in [-0.25, -0.2) is 9.36 Å². The Hall–Kier alpha value is -3.89. The Kier molecular flexibility index (Phi) is 14.9. The molecule has 0 bridgehead atoms. The lowest BCUT2D eigenvalue weighted by atomic mass is 10.2. The molecule has 5 rings (SSSR count). The molecule has 51 heavy (non-hydrogen) atoms. The van der Waals surface area contributed by atoms with Crippen LogP contribution < -0.4 is 0 Å². The first kappa shape index (κ1) is 39.9. The molecule has 0 aromatic heterocycles. The van der Waals surface area contributed by atoms with Gasteiger partial charge in [0.2, 0.25) is 5.76 Å². The number of carbonyl (C=O) groups excluding carboxylic acids is 1. The van der Waals surface area contributed by atoms with Gasteiger partial charge in [0.05, 0.1) is 19.8 Å². The molecule has 1 unspecified atom stereocenters. The van der Waals surface area contributed by atoms with Crippen LogP contribution in [0.2, 0.25) is 0 Å². The summed E-state index contributed by atoms with van der Waals surface area (Å²) in [7, 11) is -5.29. The molecule has 1 heterocycles. The molecular formula is C40H49O9PS. The van der Waals surface area contributed by atoms with Gasteiger partial charge in [0.1, 0.15) is 13.2 Å². The second-order valence-corrected chi connectivity index (χ2v) is 18.5. The predicted octanol–water partition coefficient (Wildman–Crippen LogP) is 9.26. The van der Waals surface area contributed by atoms with E-state index in [-0.39, 0.29) is 30.3 Å². The number of esters is 1. The number of hydrogen-bond donors (Lipinski definition) is 1. The molecule has 1 aliphatic rings. The van der Waals surface area contributed by atoms with Gasteiger partial charge in [-0.15, -0.1) is 10.3 Å². The van der Waals surface area contributed by atoms with Gasteiger partial charge in [0.15, 0.2) is 11.9 Å². The minimum Gasteiger partial charge on any atom is -0.485 e. The molecule has 11 heteroatoms. The van der Waals surface area contributed by atoms with Gasteiger partial charge >= 0.3 is 13.8 Å². The Morgan fingerprint density at radius 1 is 0.667 bits per heavy atom. The first-order chi connectivity index (χ1) is 24.3. The van der Waals surface area contributed by atoms with Crippen molar-refractivity contribution in [3.05, 3.63) is 155 Å². The summed E-state index contributed by atoms with van der Waals surface area (Å²) in [5, 5.41) is 0. The zero-order valence-corrected chi connectivity index (χ0v) is 31.6. The van der Waals surface area contributed by atoms with Crippen molar-refractivity contribution >= 4 is 24.1 Å². The highest BCUT2D eigenvalue weighted by molar-refractivity contribution is 8.29. The summed E-state index contributed by atoms with van der Waals surface area (Å²) in [6.07, 6.45) is 4.31. The fraction of sp³-hybridized carbons (Fsp3) is 0.325. The Bertz CT molecular complexity index is 1660. The van der Waals surface area contributed by atoms with E-state index in [0.717, 1.165) is 22.3 Å². The highest BCUT2D eigenvalue weighted by atomic mass is 32.3. The van der Waals surface area contributed by atoms with Crippen LogP contribution in [0.3, 0.4) is 0 Å². The number of cyclic esters (lactones) is 1. The first-order valence-corrected chi connectivity index (χ1v) is 20.6. The monoisotopic (exact) mass is 736 g/mol. The van der Waals surface area contributed by atoms with Crippen LogP contribution in [0.25, 0.3) is 0 Å². The molecule has 0 saturated carbocycles. The van der Waals surface area contributed by atoms with Gasteiger partial charge in [-0.1, -0.05) is 142 Å². The third-order valence-corrected chi connectivity index (χ3v) is 12.7. The normalized spacial score (nSPS) is 15.1. The SMILES string of the molecule is CC(C)(C)S(C)(C)OCCC1OC(=O)C(OCc2ccccc2)=C1OCc1ccccc1.O=P(O)(OCc1ccccc1)OCc1ccccc1. The molecule has 4 aromatic carbocycles. The number of benzene rings is 4. The molecule has 4 aromatic rings. The van der Waals surface area contributed by atoms with E-state index in [4.69, 9.17) is 27.4 Å². The van der Waals surface area contributed by atoms with Crippen molar-refractivity contribution in [2.75, 3.05) is 19.1 Å². The summed E-state index contributed by atoms with van der Waals surface area (Å²) < 4.78 is 45.4. The smallest absolute Gasteiger partial charge is 0.472 e. The molecule has 0 radical (unpaired) electrons. The Morgan fingerprint density at radius 2 is 1.06 bits per heavy atom. The van der Waals surface area contributed by atoms with Crippen LogP contribution in [0.5, 0.6) is 0 Å². The Balaban J connectivity index is 0.000000261. The first-order valence-electron chi connectivity index (χ1n) is 16.7. The van der Waals surface area contributed by atoms with Gasteiger partial charge in [-0.2, -0.15) is 0 Å². The number of phosphoric acid groups is 1. The summed E-state index contributed by atoms with van der Waals surface area (Å²) in [4.78, 5) is 22.2. The Morgan fingerprint density at radius 3 is 1.47 bits per heavy atom. The maximum absolute atomic E-state index is 12.6. The van der Waals surface area contributed by atoms with E-state index in [1.54, 1.807) is 0 Å². The third-order valence-electron chi connectivity index (χ3n) is 8.12. The second kappa shape index (κ2) is 19.1. The minimum atomic E-state index is -4.02. The molecule has 0 fully saturated rings. The van der Waals surface area contributed by atoms with Crippen molar-refractivity contribution in [2.45, 2.75) is 64.5 Å². The molecule has 0 aliphatic carbocycles. The van der Waals surface area contributed by atoms with E-state index in [1.165, 1.54) is 0 Å². The number of phosphoric ester groups is 1. The van der Waals surface area contributed by atoms with E-state index >= 15 is 0 Å². The van der Waals surface area contributed by atoms with Crippen molar-refractivity contribution < 1.29 is 41.7 Å². The molecule has 1 aliphatic heterocycles. The van der Waals surface area contributed by atoms with E-state index in [2.05, 4.69) is 33.3 Å². The summed E-state index contributed by atoms with van der Waals surface area (Å²) in [6.45, 7) is 7.72. The number of rotatable bonds is 16. The van der Waals surface area contributed by atoms with Crippen LogP contribution in [0, 0.1) is 0 Å². The molecule has 1 atom stereocenters. The van der Waals surface area contributed by atoms with E-state index in [9.17, 15) is 14.3 Å². The molecule has 0 amide bonds. The zero-order chi connectivity index (χ0) is 36.7. The predicted molar refractivity (Wildman–Crippen MR) is 201 cm³/mol. The van der Waals surface area contributed by atoms with Crippen LogP contribution in [-0.4, -0.2) is 40.8 Å². The summed E-state index contributed by atoms with van der Waals surface area (Å²) in [5.74, 6) is 0.107. The molecule has 0 saturated heterocycles. The average Bonchev–Trinajstić information content (AvgIpc) is 3.42. The highest BCUT2D eigenvalue weighted by Gasteiger charge is 2.38. The van der Waals surface area contributed by atoms with Gasteiger partial charge in [-0.05, 0) is 34.8 Å². The lowest BCUT2D eigenvalue weighted by Gasteiger charge is -2.43. The van der Waals surface area contributed by atoms with Crippen LogP contribution >= 0.6 is 18.1 Å². The fourth-order valence-electron chi connectivity index (χ4n) is 4.46. The molecule has 1 N–H and O–H groups in total. The van der Waals surface area contributed by atoms with Crippen molar-refractivity contribution in [3.8, 4) is 0 Å². The molecule has 0 spiro atoms. The van der Waals surface area contributed by atoms with Gasteiger partial charge < -0.3 is 23.3 Å². The zero-order valence-electron chi connectivity index (χ0n) is 29.9. The largest absolute Gasteiger partial charge is 0.485 e. The molecule has 274 valence electrons. The lowest BCUT2D eigenvalue weighted by molar-refractivity contribution is -0.143. The van der Waals surface area contributed by atoms with E-state index in [0.29, 0.717) is 25.4 Å². The summed E-state index contributed by atoms with van der Waals surface area (Å²) in [6, 6.07) is 37.9. The van der Waals surface area contributed by atoms with Crippen molar-refractivity contribution in [3.63, 3.8) is 0 Å². The van der Waals surface area contributed by atoms with Gasteiger partial charge in [-0.3, -0.25) is 9.05 Å². The maximum atomic E-state index is 12.6. The maximum Gasteiger partial charge on any atom is 0.472 e. The van der Waals surface area contributed by atoms with Crippen molar-refractivity contribution in [2.24, 2.45) is 0 Å². The average molecular weight is 737 g/mol.